The van der Waals surface area contributed by atoms with Crippen LogP contribution >= 0.6 is 0 Å². The van der Waals surface area contributed by atoms with E-state index in [1.165, 1.54) is 13.8 Å². The van der Waals surface area contributed by atoms with Crippen molar-refractivity contribution in [3.63, 3.8) is 0 Å². The van der Waals surface area contributed by atoms with Gasteiger partial charge in [-0.3, -0.25) is 9.59 Å². The van der Waals surface area contributed by atoms with Gasteiger partial charge in [-0.15, -0.1) is 0 Å². The Bertz CT molecular complexity index is 3630. The van der Waals surface area contributed by atoms with Crippen LogP contribution in [0.3, 0.4) is 0 Å². The fourth-order valence-corrected chi connectivity index (χ4v) is 21.7. The summed E-state index contributed by atoms with van der Waals surface area (Å²) >= 11 is 0. The third-order valence-electron chi connectivity index (χ3n) is 18.9. The van der Waals surface area contributed by atoms with E-state index in [1.54, 1.807) is 54.5 Å². The quantitative estimate of drug-likeness (QED) is 0.0389. The molecule has 14 atom stereocenters. The molecule has 0 saturated carbocycles. The van der Waals surface area contributed by atoms with E-state index in [0.717, 1.165) is 43.9 Å². The molecule has 6 fully saturated rings. The molecule has 3 aromatic carbocycles. The minimum Gasteiger partial charge on any atom is -0.355 e. The van der Waals surface area contributed by atoms with Crippen molar-refractivity contribution in [3.05, 3.63) is 105 Å². The summed E-state index contributed by atoms with van der Waals surface area (Å²) in [4.78, 5) is 22.1. The van der Waals surface area contributed by atoms with Gasteiger partial charge in [-0.1, -0.05) is 0 Å². The van der Waals surface area contributed by atoms with Crippen molar-refractivity contribution in [2.45, 2.75) is 216 Å². The molecule has 96 heavy (non-hydrogen) atoms. The number of nitrogens with two attached hydrogens (primary N) is 2. The van der Waals surface area contributed by atoms with Crippen molar-refractivity contribution >= 4 is 63.9 Å². The number of sulfonamides is 3. The number of halogens is 9. The lowest BCUT2D eigenvalue weighted by atomic mass is 9.83. The minimum absolute atomic E-state index is 0.00200. The number of hydrogen-bond acceptors (Lipinski definition) is 12. The summed E-state index contributed by atoms with van der Waals surface area (Å²) in [6.45, 7) is 13.6. The Morgan fingerprint density at radius 3 is 0.990 bits per heavy atom. The van der Waals surface area contributed by atoms with E-state index in [2.05, 4.69) is 20.1 Å². The highest BCUT2D eigenvalue weighted by Crippen LogP contribution is 2.45. The Balaban J connectivity index is 0.000000204. The molecule has 6 heterocycles. The highest BCUT2D eigenvalue weighted by molar-refractivity contribution is 7.89. The molecule has 0 aromatic heterocycles. The van der Waals surface area contributed by atoms with E-state index in [-0.39, 0.29) is 139 Å². The van der Waals surface area contributed by atoms with Crippen LogP contribution in [0.25, 0.3) is 0 Å². The summed E-state index contributed by atoms with van der Waals surface area (Å²) < 4.78 is 236. The molecular formula is C63H92F9N9O10S5. The maximum absolute atomic E-state index is 14.5. The number of nitrogens with zero attached hydrogens (tertiary/aromatic N) is 3. The number of benzene rings is 3. The first kappa shape index (κ1) is 79.2. The first-order valence-corrected chi connectivity index (χ1v) is 39.5. The standard InChI is InChI=1S/C23H34F3N3O4S2.C21H32F3N3O3S2.C19H26F3N3O3S/c1-14(30)27-7-8-35(32,33)29-17-5-6-18(29)10-16(9-17)22(28-34(31)23(2,3)4)12-15-11-20(25)21(26)13-19(15)24;1-21(2,3)31(28)26-20(11-13-10-18(23)19(24)12-17(13)22)14-8-15-4-5-16(9-14)27(15)32(29,30)7-6-25;1-11(26)24-4-5-29(27,28)25-14-2-3-15(25)7-13(6-14)19(23)9-12-8-17(21)18(22)10-16(12)20/h11,13,16-18,22,28H,5-10,12H2,1-4H3,(H,27,30);10,12,14-16,20,26H,4-9,11,25H2,1-3H3;8,10,13-15,19H,2-7,9,23H2,1H3,(H,24,26)/t16?,17-,18+,22-,34-;14?,15-,16+,20-,31-;13?,14-,15+,19-/m000/s1. The van der Waals surface area contributed by atoms with E-state index >= 15 is 0 Å². The van der Waals surface area contributed by atoms with Gasteiger partial charge in [0.25, 0.3) is 0 Å². The maximum Gasteiger partial charge on any atom is 0.216 e. The van der Waals surface area contributed by atoms with E-state index in [9.17, 15) is 82.8 Å². The Kier molecular flexibility index (Phi) is 26.9. The van der Waals surface area contributed by atoms with E-state index in [0.29, 0.717) is 69.6 Å². The maximum atomic E-state index is 14.5. The number of carbonyl (C=O) groups excluding carboxylic acids is 2. The molecule has 8 N–H and O–H groups in total. The summed E-state index contributed by atoms with van der Waals surface area (Å²) in [5.41, 5.74) is 11.7. The highest BCUT2D eigenvalue weighted by Gasteiger charge is 2.51. The van der Waals surface area contributed by atoms with Crippen LogP contribution in [0.4, 0.5) is 39.5 Å². The molecule has 2 amide bonds. The number of carbonyl (C=O) groups is 2. The monoisotopic (exact) mass is 1470 g/mol. The van der Waals surface area contributed by atoms with Gasteiger partial charge in [-0.25, -0.2) is 82.6 Å². The van der Waals surface area contributed by atoms with Gasteiger partial charge in [-0.05, 0) is 190 Å². The molecule has 6 bridgehead atoms. The highest BCUT2D eigenvalue weighted by atomic mass is 32.2. The fraction of sp³-hybridized carbons (Fsp3) is 0.683. The zero-order chi connectivity index (χ0) is 71.3. The molecule has 0 spiro atoms. The van der Waals surface area contributed by atoms with Gasteiger partial charge < -0.3 is 22.1 Å². The van der Waals surface area contributed by atoms with Gasteiger partial charge in [0.2, 0.25) is 41.9 Å². The van der Waals surface area contributed by atoms with E-state index in [1.807, 2.05) is 0 Å². The average molecular weight is 1470 g/mol. The van der Waals surface area contributed by atoms with Crippen molar-refractivity contribution < 1.29 is 82.8 Å². The van der Waals surface area contributed by atoms with Crippen molar-refractivity contribution in [2.75, 3.05) is 36.9 Å². The Morgan fingerprint density at radius 2 is 0.719 bits per heavy atom. The Hall–Kier alpha value is -4.16. The predicted molar refractivity (Wildman–Crippen MR) is 350 cm³/mol. The third kappa shape index (κ3) is 20.3. The summed E-state index contributed by atoms with van der Waals surface area (Å²) in [5, 5.41) is 5.01. The molecule has 6 aliphatic rings. The Morgan fingerprint density at radius 1 is 0.458 bits per heavy atom. The molecule has 19 nitrogen and oxygen atoms in total. The van der Waals surface area contributed by atoms with Crippen LogP contribution < -0.4 is 31.5 Å². The SMILES string of the molecule is CC(=O)NCCS(=O)(=O)N1[C@@H]2CC[C@H]1CC([C@@H](N)Cc1cc(F)c(F)cc1F)C2.CC(=O)NCCS(=O)(=O)N1[C@@H]2CC[C@H]1CC([C@H](Cc1cc(F)c(F)cc1F)N[S@@](=O)C(C)(C)C)C2.CC(C)(C)[S@](=O)N[C@@H](Cc1cc(F)c(F)cc1F)C1C[C@H]2CC[C@@H](C1)N2S(=O)(=O)CCN. The van der Waals surface area contributed by atoms with Crippen LogP contribution in [-0.4, -0.2) is 159 Å². The average Bonchev–Trinajstić information content (AvgIpc) is 1.59. The van der Waals surface area contributed by atoms with E-state index < -0.39 is 132 Å². The molecule has 6 aliphatic heterocycles. The number of rotatable bonds is 24. The summed E-state index contributed by atoms with van der Waals surface area (Å²) in [6, 6.07) is 1.28. The Labute approximate surface area is 563 Å². The molecular weight excluding hydrogens is 1370 g/mol. The number of hydrogen-bond donors (Lipinski definition) is 6. The molecule has 6 saturated heterocycles. The van der Waals surface area contributed by atoms with Crippen LogP contribution in [0.2, 0.25) is 0 Å². The smallest absolute Gasteiger partial charge is 0.216 e. The van der Waals surface area contributed by atoms with Crippen LogP contribution in [-0.2, 0) is 80.9 Å². The first-order valence-electron chi connectivity index (χ1n) is 32.3. The predicted octanol–water partition coefficient (Wildman–Crippen LogP) is 7.06. The van der Waals surface area contributed by atoms with Crippen LogP contribution in [0.15, 0.2) is 36.4 Å². The van der Waals surface area contributed by atoms with Crippen molar-refractivity contribution in [1.82, 2.24) is 33.0 Å². The molecule has 33 heteroatoms. The molecule has 3 aromatic rings. The second-order valence-corrected chi connectivity index (χ2v) is 38.1. The second kappa shape index (κ2) is 32.7. The largest absolute Gasteiger partial charge is 0.355 e. The molecule has 542 valence electrons. The molecule has 9 rings (SSSR count). The van der Waals surface area contributed by atoms with Crippen molar-refractivity contribution in [1.29, 1.82) is 0 Å². The van der Waals surface area contributed by atoms with E-state index in [4.69, 9.17) is 11.5 Å². The molecule has 0 radical (unpaired) electrons. The number of nitrogens with one attached hydrogen (secondary N) is 4. The van der Waals surface area contributed by atoms with Crippen LogP contribution in [0.5, 0.6) is 0 Å². The lowest BCUT2D eigenvalue weighted by Gasteiger charge is -2.41. The van der Waals surface area contributed by atoms with Gasteiger partial charge in [0.05, 0.1) is 48.7 Å². The molecule has 0 aliphatic carbocycles. The zero-order valence-corrected chi connectivity index (χ0v) is 59.3. The normalized spacial score (nSPS) is 25.6. The van der Waals surface area contributed by atoms with Gasteiger partial charge in [-0.2, -0.15) is 12.9 Å². The summed E-state index contributed by atoms with van der Waals surface area (Å²) in [5.74, 6) is -11.1. The second-order valence-electron chi connectivity index (χ2n) is 28.1. The zero-order valence-electron chi connectivity index (χ0n) is 55.3. The van der Waals surface area contributed by atoms with Crippen LogP contribution in [0, 0.1) is 70.1 Å². The van der Waals surface area contributed by atoms with Crippen LogP contribution in [0.1, 0.15) is 149 Å². The minimum atomic E-state index is -3.60. The van der Waals surface area contributed by atoms with Gasteiger partial charge in [0, 0.05) is 106 Å². The fourth-order valence-electron chi connectivity index (χ4n) is 14.4. The van der Waals surface area contributed by atoms with Gasteiger partial charge in [0.15, 0.2) is 34.9 Å². The number of piperidine rings is 3. The number of fused-ring (bicyclic) bond motifs is 6. The summed E-state index contributed by atoms with van der Waals surface area (Å²) in [6.07, 6.45) is 7.39. The lowest BCUT2D eigenvalue weighted by Crippen LogP contribution is -2.53. The van der Waals surface area contributed by atoms with Crippen molar-refractivity contribution in [3.8, 4) is 0 Å². The van der Waals surface area contributed by atoms with Crippen molar-refractivity contribution in [2.24, 2.45) is 29.2 Å². The number of amides is 2. The first-order chi connectivity index (χ1) is 44.6. The van der Waals surface area contributed by atoms with Gasteiger partial charge in [0.1, 0.15) is 17.5 Å². The van der Waals surface area contributed by atoms with Gasteiger partial charge >= 0.3 is 0 Å². The third-order valence-corrected chi connectivity index (χ3v) is 28.1. The lowest BCUT2D eigenvalue weighted by molar-refractivity contribution is -0.119. The summed E-state index contributed by atoms with van der Waals surface area (Å²) in [7, 11) is -13.6. The topological polar surface area (TPSA) is 281 Å². The molecule has 3 unspecified atom stereocenters.